The average molecular weight is 161 g/mol. The van der Waals surface area contributed by atoms with E-state index in [-0.39, 0.29) is 0 Å². The normalized spacial score (nSPS) is 25.8. The van der Waals surface area contributed by atoms with E-state index >= 15 is 0 Å². The van der Waals surface area contributed by atoms with Gasteiger partial charge in [0.15, 0.2) is 0 Å². The van der Waals surface area contributed by atoms with Gasteiger partial charge in [0, 0.05) is 25.1 Å². The molecule has 1 aliphatic rings. The van der Waals surface area contributed by atoms with E-state index in [1.165, 1.54) is 0 Å². The van der Waals surface area contributed by atoms with Gasteiger partial charge in [-0.2, -0.15) is 12.6 Å². The molecular weight excluding hydrogens is 146 g/mol. The maximum absolute atomic E-state index is 5.30. The van der Waals surface area contributed by atoms with Gasteiger partial charge in [0.1, 0.15) is 0 Å². The number of thiol groups is 1. The van der Waals surface area contributed by atoms with Crippen molar-refractivity contribution < 1.29 is 4.74 Å². The Morgan fingerprint density at radius 2 is 2.20 bits per heavy atom. The Morgan fingerprint density at radius 1 is 1.40 bits per heavy atom. The molecule has 0 saturated carbocycles. The predicted molar refractivity (Wildman–Crippen MR) is 45.5 cm³/mol. The standard InChI is InChI=1S/C7H15NOS/c1-7(10)8-3-2-5-9-6-4-8/h7,10H,2-6H2,1H3/t7-/m0/s1. The van der Waals surface area contributed by atoms with Gasteiger partial charge in [-0.25, -0.2) is 0 Å². The molecule has 60 valence electrons. The molecule has 1 aliphatic heterocycles. The zero-order valence-electron chi connectivity index (χ0n) is 6.42. The molecule has 1 saturated heterocycles. The molecule has 10 heavy (non-hydrogen) atoms. The molecule has 0 aromatic carbocycles. The van der Waals surface area contributed by atoms with Gasteiger partial charge >= 0.3 is 0 Å². The zero-order chi connectivity index (χ0) is 7.40. The number of ether oxygens (including phenoxy) is 1. The summed E-state index contributed by atoms with van der Waals surface area (Å²) in [5.74, 6) is 0. The number of rotatable bonds is 1. The molecule has 0 spiro atoms. The van der Waals surface area contributed by atoms with Gasteiger partial charge in [0.25, 0.3) is 0 Å². The quantitative estimate of drug-likeness (QED) is 0.576. The fraction of sp³-hybridized carbons (Fsp3) is 1.00. The smallest absolute Gasteiger partial charge is 0.0593 e. The Kier molecular flexibility index (Phi) is 3.52. The van der Waals surface area contributed by atoms with Crippen molar-refractivity contribution in [3.05, 3.63) is 0 Å². The first-order chi connectivity index (χ1) is 4.80. The molecule has 0 aromatic rings. The summed E-state index contributed by atoms with van der Waals surface area (Å²) in [6.07, 6.45) is 1.14. The molecule has 2 nitrogen and oxygen atoms in total. The van der Waals surface area contributed by atoms with E-state index < -0.39 is 0 Å². The van der Waals surface area contributed by atoms with Gasteiger partial charge in [-0.3, -0.25) is 4.90 Å². The van der Waals surface area contributed by atoms with Crippen molar-refractivity contribution in [1.82, 2.24) is 4.90 Å². The van der Waals surface area contributed by atoms with Crippen LogP contribution in [0.2, 0.25) is 0 Å². The van der Waals surface area contributed by atoms with E-state index in [9.17, 15) is 0 Å². The third-order valence-electron chi connectivity index (χ3n) is 1.79. The summed E-state index contributed by atoms with van der Waals surface area (Å²) in [4.78, 5) is 2.33. The molecule has 1 fully saturated rings. The minimum absolute atomic E-state index is 0.377. The molecule has 0 amide bonds. The Balaban J connectivity index is 2.28. The van der Waals surface area contributed by atoms with Crippen LogP contribution in [0.15, 0.2) is 0 Å². The van der Waals surface area contributed by atoms with Crippen LogP contribution in [0.5, 0.6) is 0 Å². The second kappa shape index (κ2) is 4.21. The van der Waals surface area contributed by atoms with Gasteiger partial charge in [0.05, 0.1) is 6.61 Å². The Hall–Kier alpha value is 0.270. The molecule has 0 N–H and O–H groups in total. The SMILES string of the molecule is C[C@H](S)N1CCCOCC1. The molecule has 1 rings (SSSR count). The van der Waals surface area contributed by atoms with Crippen molar-refractivity contribution in [3.8, 4) is 0 Å². The van der Waals surface area contributed by atoms with Crippen LogP contribution in [-0.4, -0.2) is 36.6 Å². The highest BCUT2D eigenvalue weighted by Crippen LogP contribution is 2.06. The lowest BCUT2D eigenvalue weighted by molar-refractivity contribution is 0.141. The van der Waals surface area contributed by atoms with E-state index in [1.807, 2.05) is 0 Å². The van der Waals surface area contributed by atoms with E-state index in [2.05, 4.69) is 24.5 Å². The van der Waals surface area contributed by atoms with Crippen LogP contribution < -0.4 is 0 Å². The third kappa shape index (κ3) is 2.48. The second-order valence-electron chi connectivity index (χ2n) is 2.63. The summed E-state index contributed by atoms with van der Waals surface area (Å²) in [6, 6.07) is 0. The van der Waals surface area contributed by atoms with Crippen molar-refractivity contribution >= 4 is 12.6 Å². The molecule has 1 heterocycles. The second-order valence-corrected chi connectivity index (χ2v) is 3.38. The van der Waals surface area contributed by atoms with Crippen LogP contribution in [0.25, 0.3) is 0 Å². The molecule has 0 unspecified atom stereocenters. The molecule has 1 atom stereocenters. The Bertz CT molecular complexity index is 89.6. The lowest BCUT2D eigenvalue weighted by atomic mass is 10.4. The van der Waals surface area contributed by atoms with E-state index in [0.29, 0.717) is 5.37 Å². The van der Waals surface area contributed by atoms with Crippen molar-refractivity contribution in [1.29, 1.82) is 0 Å². The van der Waals surface area contributed by atoms with Gasteiger partial charge in [0.2, 0.25) is 0 Å². The summed E-state index contributed by atoms with van der Waals surface area (Å²) in [5, 5.41) is 0.377. The number of hydrogen-bond acceptors (Lipinski definition) is 3. The van der Waals surface area contributed by atoms with Crippen LogP contribution in [0, 0.1) is 0 Å². The summed E-state index contributed by atoms with van der Waals surface area (Å²) < 4.78 is 5.30. The zero-order valence-corrected chi connectivity index (χ0v) is 7.31. The average Bonchev–Trinajstić information content (AvgIpc) is 2.12. The molecular formula is C7H15NOS. The number of nitrogens with zero attached hydrogens (tertiary/aromatic N) is 1. The van der Waals surface area contributed by atoms with Crippen molar-refractivity contribution in [2.75, 3.05) is 26.3 Å². The summed E-state index contributed by atoms with van der Waals surface area (Å²) >= 11 is 4.36. The number of hydrogen-bond donors (Lipinski definition) is 1. The minimum atomic E-state index is 0.377. The summed E-state index contributed by atoms with van der Waals surface area (Å²) in [6.45, 7) is 6.05. The Morgan fingerprint density at radius 3 is 2.90 bits per heavy atom. The highest BCUT2D eigenvalue weighted by atomic mass is 32.1. The monoisotopic (exact) mass is 161 g/mol. The molecule has 0 radical (unpaired) electrons. The van der Waals surface area contributed by atoms with Crippen LogP contribution in [0.4, 0.5) is 0 Å². The molecule has 0 aromatic heterocycles. The fourth-order valence-electron chi connectivity index (χ4n) is 1.14. The highest BCUT2D eigenvalue weighted by molar-refractivity contribution is 7.80. The first-order valence-electron chi connectivity index (χ1n) is 3.80. The minimum Gasteiger partial charge on any atom is -0.380 e. The van der Waals surface area contributed by atoms with Crippen molar-refractivity contribution in [2.24, 2.45) is 0 Å². The van der Waals surface area contributed by atoms with Crippen LogP contribution in [0.1, 0.15) is 13.3 Å². The van der Waals surface area contributed by atoms with E-state index in [1.54, 1.807) is 0 Å². The van der Waals surface area contributed by atoms with Gasteiger partial charge in [-0.15, -0.1) is 0 Å². The predicted octanol–water partition coefficient (Wildman–Crippen LogP) is 0.984. The fourth-order valence-corrected chi connectivity index (χ4v) is 1.37. The Labute approximate surface area is 68.0 Å². The van der Waals surface area contributed by atoms with Crippen molar-refractivity contribution in [3.63, 3.8) is 0 Å². The maximum Gasteiger partial charge on any atom is 0.0593 e. The van der Waals surface area contributed by atoms with Gasteiger partial charge in [-0.1, -0.05) is 0 Å². The maximum atomic E-state index is 5.30. The lowest BCUT2D eigenvalue weighted by Crippen LogP contribution is -2.31. The molecule has 3 heteroatoms. The highest BCUT2D eigenvalue weighted by Gasteiger charge is 2.11. The van der Waals surface area contributed by atoms with Crippen LogP contribution >= 0.6 is 12.6 Å². The van der Waals surface area contributed by atoms with Crippen LogP contribution in [0.3, 0.4) is 0 Å². The van der Waals surface area contributed by atoms with Gasteiger partial charge in [-0.05, 0) is 13.3 Å². The summed E-state index contributed by atoms with van der Waals surface area (Å²) in [5.41, 5.74) is 0. The van der Waals surface area contributed by atoms with Crippen LogP contribution in [-0.2, 0) is 4.74 Å². The largest absolute Gasteiger partial charge is 0.380 e. The van der Waals surface area contributed by atoms with Gasteiger partial charge < -0.3 is 4.74 Å². The summed E-state index contributed by atoms with van der Waals surface area (Å²) in [7, 11) is 0. The molecule has 0 bridgehead atoms. The van der Waals surface area contributed by atoms with Crippen molar-refractivity contribution in [2.45, 2.75) is 18.7 Å². The van der Waals surface area contributed by atoms with E-state index in [4.69, 9.17) is 4.74 Å². The molecule has 0 aliphatic carbocycles. The lowest BCUT2D eigenvalue weighted by Gasteiger charge is -2.22. The first-order valence-corrected chi connectivity index (χ1v) is 4.32. The first kappa shape index (κ1) is 8.37. The third-order valence-corrected chi connectivity index (χ3v) is 2.11. The van der Waals surface area contributed by atoms with E-state index in [0.717, 1.165) is 32.7 Å². The topological polar surface area (TPSA) is 12.5 Å².